The van der Waals surface area contributed by atoms with Crippen molar-refractivity contribution in [1.29, 1.82) is 0 Å². The molecule has 5 heteroatoms. The van der Waals surface area contributed by atoms with E-state index in [4.69, 9.17) is 22.1 Å². The number of nitrogens with zero attached hydrogens (tertiary/aromatic N) is 2. The Balaban J connectivity index is 2.01. The number of rotatable bonds is 3. The average molecular weight is 286 g/mol. The summed E-state index contributed by atoms with van der Waals surface area (Å²) in [5.41, 5.74) is 7.27. The number of nitrogens with two attached hydrogens (primary N) is 1. The second-order valence-corrected chi connectivity index (χ2v) is 4.67. The van der Waals surface area contributed by atoms with Crippen molar-refractivity contribution in [3.05, 3.63) is 59.4 Å². The van der Waals surface area contributed by atoms with Crippen LogP contribution in [0.15, 0.2) is 48.8 Å². The minimum atomic E-state index is 0.361. The van der Waals surface area contributed by atoms with Crippen LogP contribution >= 0.6 is 11.6 Å². The van der Waals surface area contributed by atoms with Crippen molar-refractivity contribution in [1.82, 2.24) is 9.97 Å². The molecule has 0 saturated heterocycles. The van der Waals surface area contributed by atoms with Crippen LogP contribution in [-0.2, 0) is 6.54 Å². The van der Waals surface area contributed by atoms with Crippen molar-refractivity contribution in [3.8, 4) is 11.6 Å². The summed E-state index contributed by atoms with van der Waals surface area (Å²) in [4.78, 5) is 8.48. The fourth-order valence-electron chi connectivity index (χ4n) is 1.92. The first-order valence-electron chi connectivity index (χ1n) is 6.14. The molecule has 0 atom stereocenters. The fraction of sp³-hybridized carbons (Fsp3) is 0.0667. The van der Waals surface area contributed by atoms with Crippen LogP contribution in [0.4, 0.5) is 0 Å². The highest BCUT2D eigenvalue weighted by molar-refractivity contribution is 6.31. The number of fused-ring (bicyclic) bond motifs is 1. The topological polar surface area (TPSA) is 61.0 Å². The lowest BCUT2D eigenvalue weighted by Gasteiger charge is -2.09. The number of halogens is 1. The number of hydrogen-bond donors (Lipinski definition) is 1. The molecule has 3 rings (SSSR count). The minimum absolute atomic E-state index is 0.361. The van der Waals surface area contributed by atoms with Gasteiger partial charge >= 0.3 is 0 Å². The first kappa shape index (κ1) is 12.8. The maximum absolute atomic E-state index is 6.15. The Morgan fingerprint density at radius 2 is 2.05 bits per heavy atom. The van der Waals surface area contributed by atoms with Gasteiger partial charge in [0.25, 0.3) is 0 Å². The van der Waals surface area contributed by atoms with E-state index in [1.54, 1.807) is 18.5 Å². The Morgan fingerprint density at radius 1 is 1.15 bits per heavy atom. The summed E-state index contributed by atoms with van der Waals surface area (Å²) in [5.74, 6) is 1.03. The van der Waals surface area contributed by atoms with Crippen molar-refractivity contribution < 1.29 is 4.74 Å². The third kappa shape index (κ3) is 2.43. The van der Waals surface area contributed by atoms with E-state index >= 15 is 0 Å². The number of benzene rings is 1. The second kappa shape index (κ2) is 5.45. The van der Waals surface area contributed by atoms with Gasteiger partial charge in [-0.05, 0) is 35.9 Å². The van der Waals surface area contributed by atoms with Gasteiger partial charge in [0.1, 0.15) is 10.8 Å². The van der Waals surface area contributed by atoms with Gasteiger partial charge in [-0.3, -0.25) is 4.98 Å². The largest absolute Gasteiger partial charge is 0.437 e. The highest BCUT2D eigenvalue weighted by Gasteiger charge is 2.08. The van der Waals surface area contributed by atoms with Crippen LogP contribution in [0.25, 0.3) is 10.9 Å². The van der Waals surface area contributed by atoms with Crippen molar-refractivity contribution in [3.63, 3.8) is 0 Å². The summed E-state index contributed by atoms with van der Waals surface area (Å²) in [6.45, 7) is 0.394. The summed E-state index contributed by atoms with van der Waals surface area (Å²) in [7, 11) is 0. The molecular formula is C15H12ClN3O. The molecule has 3 aromatic rings. The lowest BCUT2D eigenvalue weighted by Crippen LogP contribution is -1.98. The number of hydrogen-bond acceptors (Lipinski definition) is 4. The molecule has 0 saturated carbocycles. The van der Waals surface area contributed by atoms with Crippen LogP contribution in [0.2, 0.25) is 5.02 Å². The molecule has 2 heterocycles. The Bertz CT molecular complexity index is 756. The Morgan fingerprint density at radius 3 is 2.85 bits per heavy atom. The Kier molecular flexibility index (Phi) is 3.50. The lowest BCUT2D eigenvalue weighted by atomic mass is 10.2. The molecule has 4 nitrogen and oxygen atoms in total. The maximum atomic E-state index is 6.15. The zero-order valence-electron chi connectivity index (χ0n) is 10.6. The molecular weight excluding hydrogens is 274 g/mol. The first-order valence-corrected chi connectivity index (χ1v) is 6.52. The highest BCUT2D eigenvalue weighted by atomic mass is 35.5. The predicted octanol–water partition coefficient (Wildman–Crippen LogP) is 3.53. The molecule has 0 radical (unpaired) electrons. The molecule has 0 spiro atoms. The van der Waals surface area contributed by atoms with Gasteiger partial charge in [0.2, 0.25) is 5.88 Å². The molecule has 0 bridgehead atoms. The third-order valence-electron chi connectivity index (χ3n) is 2.91. The van der Waals surface area contributed by atoms with E-state index in [0.29, 0.717) is 23.2 Å². The summed E-state index contributed by atoms with van der Waals surface area (Å²) in [6, 6.07) is 11.2. The van der Waals surface area contributed by atoms with E-state index in [2.05, 4.69) is 9.97 Å². The molecule has 0 amide bonds. The zero-order valence-corrected chi connectivity index (χ0v) is 11.3. The molecule has 0 unspecified atom stereocenters. The van der Waals surface area contributed by atoms with E-state index in [1.807, 2.05) is 30.3 Å². The van der Waals surface area contributed by atoms with Gasteiger partial charge in [0.15, 0.2) is 0 Å². The zero-order chi connectivity index (χ0) is 13.9. The molecule has 20 heavy (non-hydrogen) atoms. The molecule has 0 aliphatic carbocycles. The maximum Gasteiger partial charge on any atom is 0.238 e. The van der Waals surface area contributed by atoms with Gasteiger partial charge in [-0.2, -0.15) is 0 Å². The standard InChI is InChI=1S/C15H12ClN3O/c16-12-7-10(8-17)9-19-15(12)20-14-5-1-4-13-11(14)3-2-6-18-13/h1-7,9H,8,17H2. The van der Waals surface area contributed by atoms with Gasteiger partial charge in [0.05, 0.1) is 5.52 Å². The van der Waals surface area contributed by atoms with E-state index in [1.165, 1.54) is 0 Å². The van der Waals surface area contributed by atoms with Crippen LogP contribution in [0, 0.1) is 0 Å². The number of ether oxygens (including phenoxy) is 1. The quantitative estimate of drug-likeness (QED) is 0.799. The molecule has 0 fully saturated rings. The van der Waals surface area contributed by atoms with Crippen molar-refractivity contribution in [2.75, 3.05) is 0 Å². The summed E-state index contributed by atoms with van der Waals surface area (Å²) in [6.07, 6.45) is 3.40. The van der Waals surface area contributed by atoms with Crippen LogP contribution in [-0.4, -0.2) is 9.97 Å². The second-order valence-electron chi connectivity index (χ2n) is 4.26. The van der Waals surface area contributed by atoms with Crippen molar-refractivity contribution in [2.24, 2.45) is 5.73 Å². The summed E-state index contributed by atoms with van der Waals surface area (Å²) in [5, 5.41) is 1.35. The normalized spacial score (nSPS) is 10.7. The molecule has 100 valence electrons. The summed E-state index contributed by atoms with van der Waals surface area (Å²) >= 11 is 6.15. The van der Waals surface area contributed by atoms with E-state index in [-0.39, 0.29) is 0 Å². The minimum Gasteiger partial charge on any atom is -0.437 e. The monoisotopic (exact) mass is 285 g/mol. The average Bonchev–Trinajstić information content (AvgIpc) is 2.49. The van der Waals surface area contributed by atoms with Crippen molar-refractivity contribution in [2.45, 2.75) is 6.54 Å². The molecule has 1 aromatic carbocycles. The third-order valence-corrected chi connectivity index (χ3v) is 3.18. The SMILES string of the molecule is NCc1cnc(Oc2cccc3ncccc23)c(Cl)c1. The van der Waals surface area contributed by atoms with E-state index in [9.17, 15) is 0 Å². The first-order chi connectivity index (χ1) is 9.78. The molecule has 2 aromatic heterocycles. The van der Waals surface area contributed by atoms with Gasteiger partial charge in [-0.25, -0.2) is 4.98 Å². The van der Waals surface area contributed by atoms with Crippen molar-refractivity contribution >= 4 is 22.5 Å². The number of pyridine rings is 2. The fourth-order valence-corrected chi connectivity index (χ4v) is 2.15. The van der Waals surface area contributed by atoms with Crippen LogP contribution in [0.1, 0.15) is 5.56 Å². The van der Waals surface area contributed by atoms with Crippen LogP contribution in [0.3, 0.4) is 0 Å². The van der Waals surface area contributed by atoms with Gasteiger partial charge < -0.3 is 10.5 Å². The predicted molar refractivity (Wildman–Crippen MR) is 79.0 cm³/mol. The summed E-state index contributed by atoms with van der Waals surface area (Å²) < 4.78 is 5.80. The molecule has 0 aliphatic rings. The number of aromatic nitrogens is 2. The molecule has 0 aliphatic heterocycles. The molecule has 2 N–H and O–H groups in total. The van der Waals surface area contributed by atoms with E-state index in [0.717, 1.165) is 16.5 Å². The Labute approximate surface area is 121 Å². The highest BCUT2D eigenvalue weighted by Crippen LogP contribution is 2.31. The van der Waals surface area contributed by atoms with E-state index < -0.39 is 0 Å². The van der Waals surface area contributed by atoms with Gasteiger partial charge in [-0.1, -0.05) is 17.7 Å². The Hall–Kier alpha value is -2.17. The van der Waals surface area contributed by atoms with Gasteiger partial charge in [0, 0.05) is 24.3 Å². The van der Waals surface area contributed by atoms with Gasteiger partial charge in [-0.15, -0.1) is 0 Å². The smallest absolute Gasteiger partial charge is 0.238 e. The lowest BCUT2D eigenvalue weighted by molar-refractivity contribution is 0.468. The van der Waals surface area contributed by atoms with Crippen LogP contribution < -0.4 is 10.5 Å². The van der Waals surface area contributed by atoms with Crippen LogP contribution in [0.5, 0.6) is 11.6 Å².